The van der Waals surface area contributed by atoms with Gasteiger partial charge in [0.15, 0.2) is 17.3 Å². The summed E-state index contributed by atoms with van der Waals surface area (Å²) in [5.41, 5.74) is 1.33. The molecule has 0 bridgehead atoms. The maximum atomic E-state index is 12.8. The van der Waals surface area contributed by atoms with Gasteiger partial charge in [-0.25, -0.2) is 0 Å². The Balaban J connectivity index is 1.72. The average Bonchev–Trinajstić information content (AvgIpc) is 3.24. The van der Waals surface area contributed by atoms with Crippen molar-refractivity contribution in [2.24, 2.45) is 0 Å². The third-order valence-electron chi connectivity index (χ3n) is 4.10. The predicted molar refractivity (Wildman–Crippen MR) is 118 cm³/mol. The van der Waals surface area contributed by atoms with Gasteiger partial charge in [0.2, 0.25) is 4.96 Å². The summed E-state index contributed by atoms with van der Waals surface area (Å²) in [4.78, 5) is 29.1. The number of halogens is 1. The number of aromatic nitrogens is 3. The third-order valence-corrected chi connectivity index (χ3v) is 5.59. The molecule has 0 aliphatic carbocycles. The van der Waals surface area contributed by atoms with Crippen LogP contribution in [0.5, 0.6) is 11.5 Å². The second-order valence-corrected chi connectivity index (χ2v) is 8.21. The van der Waals surface area contributed by atoms with Gasteiger partial charge in [-0.05, 0) is 42.8 Å². The number of hydrogen-bond donors (Lipinski definition) is 0. The molecule has 0 N–H and O–H groups in total. The summed E-state index contributed by atoms with van der Waals surface area (Å²) in [6, 6.07) is 12.7. The molecule has 0 aliphatic heterocycles. The number of carbonyl (C=O) groups is 1. The Morgan fingerprint density at radius 2 is 1.97 bits per heavy atom. The van der Waals surface area contributed by atoms with E-state index in [9.17, 15) is 9.59 Å². The molecule has 152 valence electrons. The molecule has 7 nitrogen and oxygen atoms in total. The zero-order valence-corrected chi connectivity index (χ0v) is 18.5. The number of nitrogens with zero attached hydrogens (tertiary/aromatic N) is 3. The molecule has 0 amide bonds. The van der Waals surface area contributed by atoms with Gasteiger partial charge >= 0.3 is 5.97 Å². The zero-order valence-electron chi connectivity index (χ0n) is 16.1. The number of thiazole rings is 1. The first kappa shape index (κ1) is 20.2. The molecule has 0 radical (unpaired) electrons. The maximum Gasteiger partial charge on any atom is 0.308 e. The second kappa shape index (κ2) is 8.37. The first-order valence-electron chi connectivity index (χ1n) is 9.07. The summed E-state index contributed by atoms with van der Waals surface area (Å²) < 4.78 is 13.5. The van der Waals surface area contributed by atoms with Crippen LogP contribution in [0, 0.1) is 0 Å². The summed E-state index contributed by atoms with van der Waals surface area (Å²) in [7, 11) is 0. The summed E-state index contributed by atoms with van der Waals surface area (Å²) in [5, 5.41) is 4.35. The van der Waals surface area contributed by atoms with Crippen molar-refractivity contribution < 1.29 is 14.3 Å². The number of ether oxygens (including phenoxy) is 2. The molecule has 2 aromatic heterocycles. The van der Waals surface area contributed by atoms with E-state index in [0.29, 0.717) is 33.4 Å². The Morgan fingerprint density at radius 3 is 2.63 bits per heavy atom. The largest absolute Gasteiger partial charge is 0.490 e. The molecule has 0 aliphatic rings. The fourth-order valence-corrected chi connectivity index (χ4v) is 4.00. The molecule has 0 unspecified atom stereocenters. The van der Waals surface area contributed by atoms with Gasteiger partial charge in [0.05, 0.1) is 11.1 Å². The Morgan fingerprint density at radius 1 is 1.20 bits per heavy atom. The number of hydrogen-bond acceptors (Lipinski definition) is 7. The van der Waals surface area contributed by atoms with Gasteiger partial charge in [-0.1, -0.05) is 45.5 Å². The van der Waals surface area contributed by atoms with Gasteiger partial charge in [0, 0.05) is 17.0 Å². The predicted octanol–water partition coefficient (Wildman–Crippen LogP) is 3.45. The van der Waals surface area contributed by atoms with E-state index in [0.717, 1.165) is 15.6 Å². The molecule has 4 rings (SSSR count). The van der Waals surface area contributed by atoms with E-state index in [4.69, 9.17) is 9.47 Å². The second-order valence-electron chi connectivity index (χ2n) is 6.29. The zero-order chi connectivity index (χ0) is 21.3. The molecule has 4 aromatic rings. The Labute approximate surface area is 183 Å². The normalized spacial score (nSPS) is 11.8. The fourth-order valence-electron chi connectivity index (χ4n) is 2.83. The summed E-state index contributed by atoms with van der Waals surface area (Å²) >= 11 is 4.65. The van der Waals surface area contributed by atoms with Crippen molar-refractivity contribution in [3.05, 3.63) is 67.4 Å². The van der Waals surface area contributed by atoms with E-state index in [1.165, 1.54) is 22.8 Å². The van der Waals surface area contributed by atoms with Crippen LogP contribution in [-0.4, -0.2) is 27.2 Å². The van der Waals surface area contributed by atoms with Crippen LogP contribution in [0.3, 0.4) is 0 Å². The van der Waals surface area contributed by atoms with Crippen LogP contribution in [-0.2, 0) is 4.79 Å². The lowest BCUT2D eigenvalue weighted by atomic mass is 10.2. The van der Waals surface area contributed by atoms with Crippen molar-refractivity contribution in [1.29, 1.82) is 0 Å². The lowest BCUT2D eigenvalue weighted by molar-refractivity contribution is -0.132. The molecule has 0 atom stereocenters. The highest BCUT2D eigenvalue weighted by Gasteiger charge is 2.13. The molecule has 9 heteroatoms. The minimum atomic E-state index is -0.429. The number of benzene rings is 2. The molecule has 2 heterocycles. The van der Waals surface area contributed by atoms with Crippen LogP contribution < -0.4 is 19.6 Å². The van der Waals surface area contributed by atoms with Crippen molar-refractivity contribution in [1.82, 2.24) is 14.6 Å². The molecular weight excluding hydrogens is 470 g/mol. The lowest BCUT2D eigenvalue weighted by Crippen LogP contribution is -2.23. The SMILES string of the molecule is CCOc1cc(/C=c2\sc3nc(-c4ccc(Br)cc4)nn3c2=O)ccc1OC(C)=O. The van der Waals surface area contributed by atoms with E-state index >= 15 is 0 Å². The molecule has 0 spiro atoms. The van der Waals surface area contributed by atoms with E-state index in [2.05, 4.69) is 26.0 Å². The summed E-state index contributed by atoms with van der Waals surface area (Å²) in [6.07, 6.45) is 1.74. The van der Waals surface area contributed by atoms with Crippen molar-refractivity contribution in [2.75, 3.05) is 6.61 Å². The molecule has 30 heavy (non-hydrogen) atoms. The highest BCUT2D eigenvalue weighted by Crippen LogP contribution is 2.29. The highest BCUT2D eigenvalue weighted by molar-refractivity contribution is 9.10. The fraction of sp³-hybridized carbons (Fsp3) is 0.143. The molecule has 0 fully saturated rings. The topological polar surface area (TPSA) is 82.8 Å². The smallest absolute Gasteiger partial charge is 0.308 e. The Hall–Kier alpha value is -3.04. The van der Waals surface area contributed by atoms with Crippen molar-refractivity contribution >= 4 is 44.3 Å². The number of fused-ring (bicyclic) bond motifs is 1. The molecule has 0 saturated heterocycles. The summed E-state index contributed by atoms with van der Waals surface area (Å²) in [6.45, 7) is 3.59. The van der Waals surface area contributed by atoms with Gasteiger partial charge in [0.1, 0.15) is 0 Å². The highest BCUT2D eigenvalue weighted by atomic mass is 79.9. The van der Waals surface area contributed by atoms with Gasteiger partial charge in [0.25, 0.3) is 5.56 Å². The van der Waals surface area contributed by atoms with Gasteiger partial charge < -0.3 is 9.47 Å². The van der Waals surface area contributed by atoms with E-state index in [-0.39, 0.29) is 5.56 Å². The van der Waals surface area contributed by atoms with E-state index in [1.54, 1.807) is 24.3 Å². The first-order valence-corrected chi connectivity index (χ1v) is 10.7. The lowest BCUT2D eigenvalue weighted by Gasteiger charge is -2.10. The van der Waals surface area contributed by atoms with Crippen LogP contribution >= 0.6 is 27.3 Å². The van der Waals surface area contributed by atoms with E-state index in [1.807, 2.05) is 31.2 Å². The van der Waals surface area contributed by atoms with E-state index < -0.39 is 5.97 Å². The number of esters is 1. The van der Waals surface area contributed by atoms with Gasteiger partial charge in [-0.2, -0.15) is 9.50 Å². The minimum absolute atomic E-state index is 0.243. The number of carbonyl (C=O) groups excluding carboxylic acids is 1. The standard InChI is InChI=1S/C21H16BrN3O4S/c1-3-28-17-10-13(4-9-16(17)29-12(2)26)11-18-20(27)25-21(30-18)23-19(24-25)14-5-7-15(22)8-6-14/h4-11H,3H2,1-2H3/b18-11-. The van der Waals surface area contributed by atoms with Crippen molar-refractivity contribution in [2.45, 2.75) is 13.8 Å². The van der Waals surface area contributed by atoms with Crippen molar-refractivity contribution in [3.63, 3.8) is 0 Å². The third kappa shape index (κ3) is 4.12. The van der Waals surface area contributed by atoms with Crippen LogP contribution in [0.2, 0.25) is 0 Å². The summed E-state index contributed by atoms with van der Waals surface area (Å²) in [5.74, 6) is 0.847. The van der Waals surface area contributed by atoms with Crippen LogP contribution in [0.15, 0.2) is 51.7 Å². The van der Waals surface area contributed by atoms with Gasteiger partial charge in [-0.15, -0.1) is 5.10 Å². The van der Waals surface area contributed by atoms with Crippen LogP contribution in [0.1, 0.15) is 19.4 Å². The minimum Gasteiger partial charge on any atom is -0.490 e. The van der Waals surface area contributed by atoms with Crippen LogP contribution in [0.25, 0.3) is 22.4 Å². The monoisotopic (exact) mass is 485 g/mol. The van der Waals surface area contributed by atoms with Crippen molar-refractivity contribution in [3.8, 4) is 22.9 Å². The maximum absolute atomic E-state index is 12.8. The molecule has 2 aromatic carbocycles. The quantitative estimate of drug-likeness (QED) is 0.318. The number of rotatable bonds is 5. The first-order chi connectivity index (χ1) is 14.4. The average molecular weight is 486 g/mol. The molecule has 0 saturated carbocycles. The molecular formula is C21H16BrN3O4S. The van der Waals surface area contributed by atoms with Gasteiger partial charge in [-0.3, -0.25) is 9.59 Å². The Bertz CT molecular complexity index is 1350. The Kier molecular flexibility index (Phi) is 5.65. The van der Waals surface area contributed by atoms with Crippen LogP contribution in [0.4, 0.5) is 0 Å².